The van der Waals surface area contributed by atoms with Crippen LogP contribution in [-0.2, 0) is 4.79 Å². The molecule has 2 rings (SSSR count). The summed E-state index contributed by atoms with van der Waals surface area (Å²) in [5, 5.41) is 9.53. The van der Waals surface area contributed by atoms with Gasteiger partial charge in [-0.1, -0.05) is 37.3 Å². The number of likely N-dealkylation sites (tertiary alicyclic amines) is 1. The molecular formula is C16H24N2O2. The molecule has 4 nitrogen and oxygen atoms in total. The first kappa shape index (κ1) is 15.0. The van der Waals surface area contributed by atoms with Crippen LogP contribution in [0.5, 0.6) is 0 Å². The minimum Gasteiger partial charge on any atom is -0.396 e. The van der Waals surface area contributed by atoms with Crippen LogP contribution in [0.25, 0.3) is 0 Å². The van der Waals surface area contributed by atoms with E-state index in [1.807, 2.05) is 35.2 Å². The van der Waals surface area contributed by atoms with Crippen molar-refractivity contribution in [1.29, 1.82) is 0 Å². The zero-order valence-corrected chi connectivity index (χ0v) is 12.1. The molecule has 110 valence electrons. The van der Waals surface area contributed by atoms with Crippen LogP contribution in [0.4, 0.5) is 0 Å². The highest BCUT2D eigenvalue weighted by Crippen LogP contribution is 2.34. The molecule has 0 aromatic heterocycles. The van der Waals surface area contributed by atoms with Crippen LogP contribution in [-0.4, -0.2) is 35.6 Å². The second kappa shape index (κ2) is 6.37. The van der Waals surface area contributed by atoms with Crippen molar-refractivity contribution in [2.24, 2.45) is 11.1 Å². The maximum absolute atomic E-state index is 12.4. The number of benzene rings is 1. The SMILES string of the molecule is CCC1(CO)CCN(C(=O)C(N)c2ccccc2)CC1. The Morgan fingerprint density at radius 1 is 1.35 bits per heavy atom. The van der Waals surface area contributed by atoms with Gasteiger partial charge in [0, 0.05) is 19.7 Å². The van der Waals surface area contributed by atoms with Crippen molar-refractivity contribution >= 4 is 5.91 Å². The van der Waals surface area contributed by atoms with Crippen molar-refractivity contribution in [3.8, 4) is 0 Å². The second-order valence-corrected chi connectivity index (χ2v) is 5.73. The van der Waals surface area contributed by atoms with E-state index in [4.69, 9.17) is 5.73 Å². The van der Waals surface area contributed by atoms with Gasteiger partial charge in [0.05, 0.1) is 0 Å². The van der Waals surface area contributed by atoms with E-state index in [0.29, 0.717) is 13.1 Å². The van der Waals surface area contributed by atoms with Crippen LogP contribution >= 0.6 is 0 Å². The minimum absolute atomic E-state index is 0.00633. The Balaban J connectivity index is 1.98. The second-order valence-electron chi connectivity index (χ2n) is 5.73. The first-order chi connectivity index (χ1) is 9.62. The lowest BCUT2D eigenvalue weighted by molar-refractivity contribution is -0.135. The number of aliphatic hydroxyl groups is 1. The summed E-state index contributed by atoms with van der Waals surface area (Å²) in [6, 6.07) is 8.89. The number of piperidine rings is 1. The normalized spacial score (nSPS) is 19.6. The van der Waals surface area contributed by atoms with Gasteiger partial charge >= 0.3 is 0 Å². The van der Waals surface area contributed by atoms with E-state index < -0.39 is 6.04 Å². The molecule has 0 radical (unpaired) electrons. The molecule has 4 heteroatoms. The first-order valence-corrected chi connectivity index (χ1v) is 7.32. The molecule has 20 heavy (non-hydrogen) atoms. The molecule has 1 heterocycles. The molecule has 1 aromatic rings. The van der Waals surface area contributed by atoms with Crippen molar-refractivity contribution in [2.75, 3.05) is 19.7 Å². The Bertz CT molecular complexity index is 433. The van der Waals surface area contributed by atoms with Crippen molar-refractivity contribution in [2.45, 2.75) is 32.2 Å². The molecule has 0 spiro atoms. The molecule has 1 atom stereocenters. The van der Waals surface area contributed by atoms with Crippen molar-refractivity contribution in [1.82, 2.24) is 4.90 Å². The van der Waals surface area contributed by atoms with Gasteiger partial charge in [-0.2, -0.15) is 0 Å². The van der Waals surface area contributed by atoms with Crippen molar-refractivity contribution in [3.05, 3.63) is 35.9 Å². The molecule has 0 aliphatic carbocycles. The molecule has 1 aliphatic heterocycles. The Labute approximate surface area is 120 Å². The average Bonchev–Trinajstić information content (AvgIpc) is 2.54. The van der Waals surface area contributed by atoms with Crippen molar-refractivity contribution < 1.29 is 9.90 Å². The van der Waals surface area contributed by atoms with Gasteiger partial charge in [0.2, 0.25) is 5.91 Å². The number of nitrogens with two attached hydrogens (primary N) is 1. The minimum atomic E-state index is -0.584. The van der Waals surface area contributed by atoms with Gasteiger partial charge in [0.15, 0.2) is 0 Å². The third-order valence-corrected chi connectivity index (χ3v) is 4.65. The van der Waals surface area contributed by atoms with Crippen LogP contribution in [0.3, 0.4) is 0 Å². The fourth-order valence-electron chi connectivity index (χ4n) is 2.82. The van der Waals surface area contributed by atoms with Crippen LogP contribution in [0.2, 0.25) is 0 Å². The van der Waals surface area contributed by atoms with Gasteiger partial charge < -0.3 is 15.7 Å². The molecule has 1 amide bonds. The van der Waals surface area contributed by atoms with Gasteiger partial charge in [-0.15, -0.1) is 0 Å². The number of amides is 1. The van der Waals surface area contributed by atoms with E-state index in [9.17, 15) is 9.90 Å². The molecule has 1 saturated heterocycles. The number of rotatable bonds is 4. The fraction of sp³-hybridized carbons (Fsp3) is 0.562. The van der Waals surface area contributed by atoms with Crippen LogP contribution in [0.1, 0.15) is 37.8 Å². The maximum Gasteiger partial charge on any atom is 0.244 e. The molecule has 0 bridgehead atoms. The van der Waals surface area contributed by atoms with Crippen LogP contribution in [0.15, 0.2) is 30.3 Å². The van der Waals surface area contributed by atoms with Gasteiger partial charge in [0.1, 0.15) is 6.04 Å². The maximum atomic E-state index is 12.4. The summed E-state index contributed by atoms with van der Waals surface area (Å²) in [7, 11) is 0. The Morgan fingerprint density at radius 3 is 2.45 bits per heavy atom. The van der Waals surface area contributed by atoms with Gasteiger partial charge in [-0.05, 0) is 30.2 Å². The van der Waals surface area contributed by atoms with Gasteiger partial charge in [0.25, 0.3) is 0 Å². The van der Waals surface area contributed by atoms with E-state index in [1.165, 1.54) is 0 Å². The van der Waals surface area contributed by atoms with E-state index in [1.54, 1.807) is 0 Å². The zero-order chi connectivity index (χ0) is 14.6. The number of aliphatic hydroxyl groups excluding tert-OH is 1. The molecule has 0 saturated carbocycles. The monoisotopic (exact) mass is 276 g/mol. The predicted molar refractivity (Wildman–Crippen MR) is 79.0 cm³/mol. The number of hydrogen-bond acceptors (Lipinski definition) is 3. The lowest BCUT2D eigenvalue weighted by Gasteiger charge is -2.41. The zero-order valence-electron chi connectivity index (χ0n) is 12.1. The highest BCUT2D eigenvalue weighted by atomic mass is 16.3. The number of hydrogen-bond donors (Lipinski definition) is 2. The third kappa shape index (κ3) is 3.02. The van der Waals surface area contributed by atoms with E-state index in [2.05, 4.69) is 6.92 Å². The first-order valence-electron chi connectivity index (χ1n) is 7.32. The molecule has 1 fully saturated rings. The molecule has 1 unspecified atom stereocenters. The molecular weight excluding hydrogens is 252 g/mol. The van der Waals surface area contributed by atoms with Gasteiger partial charge in [-0.25, -0.2) is 0 Å². The predicted octanol–water partition coefficient (Wildman–Crippen LogP) is 1.70. The summed E-state index contributed by atoms with van der Waals surface area (Å²) in [6.07, 6.45) is 2.66. The lowest BCUT2D eigenvalue weighted by atomic mass is 9.77. The quantitative estimate of drug-likeness (QED) is 0.879. The molecule has 1 aliphatic rings. The third-order valence-electron chi connectivity index (χ3n) is 4.65. The highest BCUT2D eigenvalue weighted by molar-refractivity contribution is 5.83. The summed E-state index contributed by atoms with van der Waals surface area (Å²) >= 11 is 0. The average molecular weight is 276 g/mol. The Kier molecular flexibility index (Phi) is 4.78. The Morgan fingerprint density at radius 2 is 1.95 bits per heavy atom. The van der Waals surface area contributed by atoms with Gasteiger partial charge in [-0.3, -0.25) is 4.79 Å². The molecule has 1 aromatic carbocycles. The summed E-state index contributed by atoms with van der Waals surface area (Å²) in [5.41, 5.74) is 6.91. The lowest BCUT2D eigenvalue weighted by Crippen LogP contribution is -2.47. The highest BCUT2D eigenvalue weighted by Gasteiger charge is 2.35. The summed E-state index contributed by atoms with van der Waals surface area (Å²) in [5.74, 6) is -0.0150. The van der Waals surface area contributed by atoms with E-state index in [-0.39, 0.29) is 17.9 Å². The summed E-state index contributed by atoms with van der Waals surface area (Å²) in [6.45, 7) is 3.68. The smallest absolute Gasteiger partial charge is 0.244 e. The van der Waals surface area contributed by atoms with E-state index in [0.717, 1.165) is 24.8 Å². The van der Waals surface area contributed by atoms with Crippen molar-refractivity contribution in [3.63, 3.8) is 0 Å². The largest absolute Gasteiger partial charge is 0.396 e. The van der Waals surface area contributed by atoms with Crippen LogP contribution in [0, 0.1) is 5.41 Å². The Hall–Kier alpha value is -1.39. The topological polar surface area (TPSA) is 66.6 Å². The number of carbonyl (C=O) groups excluding carboxylic acids is 1. The summed E-state index contributed by atoms with van der Waals surface area (Å²) in [4.78, 5) is 14.3. The summed E-state index contributed by atoms with van der Waals surface area (Å²) < 4.78 is 0. The fourth-order valence-corrected chi connectivity index (χ4v) is 2.82. The standard InChI is InChI=1S/C16H24N2O2/c1-2-16(12-19)8-10-18(11-9-16)15(20)14(17)13-6-4-3-5-7-13/h3-7,14,19H,2,8-12,17H2,1H3. The van der Waals surface area contributed by atoms with Crippen LogP contribution < -0.4 is 5.73 Å². The number of carbonyl (C=O) groups is 1. The van der Waals surface area contributed by atoms with E-state index >= 15 is 0 Å². The molecule has 3 N–H and O–H groups in total. The number of nitrogens with zero attached hydrogens (tertiary/aromatic N) is 1.